The summed E-state index contributed by atoms with van der Waals surface area (Å²) in [5.74, 6) is -0.716. The molecular formula is C34H31ClFN3O6S. The Labute approximate surface area is 275 Å². The first-order chi connectivity index (χ1) is 22.1. The van der Waals surface area contributed by atoms with Gasteiger partial charge in [-0.1, -0.05) is 29.8 Å². The van der Waals surface area contributed by atoms with Gasteiger partial charge in [-0.3, -0.25) is 14.4 Å². The van der Waals surface area contributed by atoms with Crippen LogP contribution in [0.4, 0.5) is 15.8 Å². The van der Waals surface area contributed by atoms with Crippen molar-refractivity contribution in [2.45, 2.75) is 17.1 Å². The van der Waals surface area contributed by atoms with E-state index >= 15 is 0 Å². The molecule has 0 aromatic heterocycles. The van der Waals surface area contributed by atoms with E-state index in [1.165, 1.54) is 57.4 Å². The van der Waals surface area contributed by atoms with E-state index in [0.717, 1.165) is 4.90 Å². The van der Waals surface area contributed by atoms with Gasteiger partial charge in [-0.05, 0) is 73.7 Å². The van der Waals surface area contributed by atoms with Gasteiger partial charge in [0.25, 0.3) is 11.8 Å². The summed E-state index contributed by atoms with van der Waals surface area (Å²) < 4.78 is 29.7. The molecule has 0 heterocycles. The fourth-order valence-corrected chi connectivity index (χ4v) is 5.20. The largest absolute Gasteiger partial charge is 0.496 e. The summed E-state index contributed by atoms with van der Waals surface area (Å²) in [6, 6.07) is 22.6. The number of nitrogens with one attached hydrogen (secondary N) is 3. The molecule has 0 saturated carbocycles. The lowest BCUT2D eigenvalue weighted by Gasteiger charge is -2.15. The summed E-state index contributed by atoms with van der Waals surface area (Å²) in [6.45, 7) is 1.73. The number of halogens is 2. The van der Waals surface area contributed by atoms with Crippen LogP contribution < -0.4 is 30.2 Å². The van der Waals surface area contributed by atoms with Gasteiger partial charge in [0, 0.05) is 33.5 Å². The van der Waals surface area contributed by atoms with Crippen molar-refractivity contribution in [3.05, 3.63) is 113 Å². The first-order valence-electron chi connectivity index (χ1n) is 13.8. The van der Waals surface area contributed by atoms with Crippen molar-refractivity contribution in [1.82, 2.24) is 5.32 Å². The minimum absolute atomic E-state index is 0.0518. The molecule has 4 aromatic rings. The zero-order chi connectivity index (χ0) is 33.2. The third-order valence-electron chi connectivity index (χ3n) is 6.55. The highest BCUT2D eigenvalue weighted by molar-refractivity contribution is 8.00. The summed E-state index contributed by atoms with van der Waals surface area (Å²) in [5, 5.41) is 7.64. The maximum Gasteiger partial charge on any atom is 0.272 e. The highest BCUT2D eigenvalue weighted by Crippen LogP contribution is 2.36. The Bertz CT molecular complexity index is 1750. The summed E-state index contributed by atoms with van der Waals surface area (Å²) in [4.78, 5) is 40.1. The number of anilines is 2. The first kappa shape index (κ1) is 33.9. The van der Waals surface area contributed by atoms with Crippen molar-refractivity contribution < 1.29 is 33.0 Å². The first-order valence-corrected chi connectivity index (χ1v) is 15.1. The minimum Gasteiger partial charge on any atom is -0.496 e. The smallest absolute Gasteiger partial charge is 0.272 e. The molecule has 0 aliphatic carbocycles. The highest BCUT2D eigenvalue weighted by atomic mass is 35.5. The fourth-order valence-electron chi connectivity index (χ4n) is 4.15. The van der Waals surface area contributed by atoms with Gasteiger partial charge >= 0.3 is 0 Å². The van der Waals surface area contributed by atoms with Crippen LogP contribution in [0, 0.1) is 5.82 Å². The Hall–Kier alpha value is -5.00. The Morgan fingerprint density at radius 3 is 2.07 bits per heavy atom. The van der Waals surface area contributed by atoms with Crippen LogP contribution in [0.1, 0.15) is 22.8 Å². The number of carbonyl (C=O) groups is 3. The molecule has 0 aliphatic rings. The Morgan fingerprint density at radius 1 is 0.804 bits per heavy atom. The molecule has 4 aromatic carbocycles. The van der Waals surface area contributed by atoms with Crippen molar-refractivity contribution in [3.8, 4) is 17.2 Å². The minimum atomic E-state index is -0.591. The molecule has 0 spiro atoms. The molecule has 0 saturated heterocycles. The van der Waals surface area contributed by atoms with E-state index in [2.05, 4.69) is 16.0 Å². The number of methoxy groups -OCH3 is 3. The van der Waals surface area contributed by atoms with Crippen LogP contribution in [0.15, 0.2) is 95.5 Å². The Balaban J connectivity index is 1.52. The molecule has 9 nitrogen and oxygen atoms in total. The van der Waals surface area contributed by atoms with Crippen molar-refractivity contribution in [2.24, 2.45) is 0 Å². The van der Waals surface area contributed by atoms with Crippen LogP contribution in [0.25, 0.3) is 6.08 Å². The second-order valence-electron chi connectivity index (χ2n) is 9.68. The second-order valence-corrected chi connectivity index (χ2v) is 11.5. The van der Waals surface area contributed by atoms with E-state index in [1.807, 2.05) is 0 Å². The van der Waals surface area contributed by atoms with Crippen LogP contribution in [0.3, 0.4) is 0 Å². The van der Waals surface area contributed by atoms with Crippen LogP contribution >= 0.6 is 23.4 Å². The van der Waals surface area contributed by atoms with E-state index in [4.69, 9.17) is 25.8 Å². The summed E-state index contributed by atoms with van der Waals surface area (Å²) in [5.41, 5.74) is 1.61. The lowest BCUT2D eigenvalue weighted by atomic mass is 10.1. The zero-order valence-electron chi connectivity index (χ0n) is 25.4. The number of ether oxygens (including phenoxy) is 3. The van der Waals surface area contributed by atoms with E-state index in [9.17, 15) is 18.8 Å². The molecule has 3 amide bonds. The second kappa shape index (κ2) is 15.8. The highest BCUT2D eigenvalue weighted by Gasteiger charge is 2.19. The molecule has 1 atom stereocenters. The zero-order valence-corrected chi connectivity index (χ0v) is 26.9. The van der Waals surface area contributed by atoms with Crippen molar-refractivity contribution in [3.63, 3.8) is 0 Å². The number of amides is 3. The third kappa shape index (κ3) is 8.80. The van der Waals surface area contributed by atoms with Gasteiger partial charge in [0.05, 0.1) is 31.6 Å². The molecule has 0 bridgehead atoms. The third-order valence-corrected chi connectivity index (χ3v) is 7.95. The SMILES string of the molecule is COc1cc(OC)c(OC)cc1/C=C(\NC(=O)c1ccccc1)C(=O)Nc1ccc(SC(C)C(=O)Nc2ccc(F)c(Cl)c2)cc1. The van der Waals surface area contributed by atoms with Crippen molar-refractivity contribution in [2.75, 3.05) is 32.0 Å². The monoisotopic (exact) mass is 663 g/mol. The van der Waals surface area contributed by atoms with Gasteiger partial charge in [-0.15, -0.1) is 11.8 Å². The van der Waals surface area contributed by atoms with Gasteiger partial charge in [0.15, 0.2) is 11.5 Å². The predicted molar refractivity (Wildman–Crippen MR) is 178 cm³/mol. The van der Waals surface area contributed by atoms with Gasteiger partial charge in [-0.25, -0.2) is 4.39 Å². The molecule has 12 heteroatoms. The van der Waals surface area contributed by atoms with Crippen LogP contribution in [0.2, 0.25) is 5.02 Å². The molecule has 46 heavy (non-hydrogen) atoms. The maximum absolute atomic E-state index is 13.5. The van der Waals surface area contributed by atoms with Gasteiger partial charge < -0.3 is 30.2 Å². The summed E-state index contributed by atoms with van der Waals surface area (Å²) in [6.07, 6.45) is 1.48. The average Bonchev–Trinajstić information content (AvgIpc) is 3.06. The van der Waals surface area contributed by atoms with E-state index in [1.54, 1.807) is 73.7 Å². The standard InChI is InChI=1S/C34H31ClFN3O6S/c1-20(32(40)38-24-12-15-27(36)26(35)18-24)46-25-13-10-23(11-14-25)37-34(42)28(39-33(41)21-8-6-5-7-9-21)16-22-17-30(44-3)31(45-4)19-29(22)43-2/h5-20H,1-4H3,(H,37,42)(H,38,40)(H,39,41)/b28-16-. The molecule has 238 valence electrons. The fraction of sp³-hybridized carbons (Fsp3) is 0.147. The number of thioether (sulfide) groups is 1. The molecular weight excluding hydrogens is 633 g/mol. The molecule has 4 rings (SSSR count). The number of benzene rings is 4. The Morgan fingerprint density at radius 2 is 1.43 bits per heavy atom. The molecule has 0 fully saturated rings. The number of rotatable bonds is 12. The van der Waals surface area contributed by atoms with E-state index < -0.39 is 22.9 Å². The van der Waals surface area contributed by atoms with E-state index in [0.29, 0.717) is 39.8 Å². The number of carbonyl (C=O) groups excluding carboxylic acids is 3. The predicted octanol–water partition coefficient (Wildman–Crippen LogP) is 7.03. The molecule has 0 aliphatic heterocycles. The van der Waals surface area contributed by atoms with Crippen molar-refractivity contribution >= 4 is 58.5 Å². The lowest BCUT2D eigenvalue weighted by molar-refractivity contribution is -0.115. The van der Waals surface area contributed by atoms with Crippen LogP contribution in [-0.4, -0.2) is 44.3 Å². The summed E-state index contributed by atoms with van der Waals surface area (Å²) >= 11 is 7.10. The lowest BCUT2D eigenvalue weighted by Crippen LogP contribution is -2.30. The average molecular weight is 664 g/mol. The molecule has 1 unspecified atom stereocenters. The van der Waals surface area contributed by atoms with Gasteiger partial charge in [0.2, 0.25) is 5.91 Å². The molecule has 3 N–H and O–H groups in total. The summed E-state index contributed by atoms with van der Waals surface area (Å²) in [7, 11) is 4.46. The van der Waals surface area contributed by atoms with Gasteiger partial charge in [-0.2, -0.15) is 0 Å². The van der Waals surface area contributed by atoms with Crippen molar-refractivity contribution in [1.29, 1.82) is 0 Å². The van der Waals surface area contributed by atoms with E-state index in [-0.39, 0.29) is 16.6 Å². The number of hydrogen-bond acceptors (Lipinski definition) is 7. The quantitative estimate of drug-likeness (QED) is 0.110. The van der Waals surface area contributed by atoms with Gasteiger partial charge in [0.1, 0.15) is 17.3 Å². The van der Waals surface area contributed by atoms with Crippen LogP contribution in [-0.2, 0) is 9.59 Å². The molecule has 0 radical (unpaired) electrons. The normalized spacial score (nSPS) is 11.7. The number of hydrogen-bond donors (Lipinski definition) is 3. The topological polar surface area (TPSA) is 115 Å². The van der Waals surface area contributed by atoms with Crippen LogP contribution in [0.5, 0.6) is 17.2 Å². The Kier molecular flexibility index (Phi) is 11.7. The maximum atomic E-state index is 13.5.